The highest BCUT2D eigenvalue weighted by molar-refractivity contribution is 8.00. The average molecular weight is 313 g/mol. The van der Waals surface area contributed by atoms with Crippen molar-refractivity contribution in [3.63, 3.8) is 0 Å². The molecule has 2 aliphatic rings. The maximum Gasteiger partial charge on any atom is 0.0279 e. The molecule has 2 fully saturated rings. The van der Waals surface area contributed by atoms with Crippen molar-refractivity contribution in [3.05, 3.63) is 0 Å². The maximum absolute atomic E-state index is 3.79. The van der Waals surface area contributed by atoms with Crippen LogP contribution in [0.25, 0.3) is 0 Å². The van der Waals surface area contributed by atoms with Crippen LogP contribution in [0.1, 0.15) is 72.1 Å². The Morgan fingerprint density at radius 2 is 1.71 bits per heavy atom. The van der Waals surface area contributed by atoms with E-state index in [-0.39, 0.29) is 0 Å². The van der Waals surface area contributed by atoms with Gasteiger partial charge in [-0.15, -0.1) is 0 Å². The Bertz CT molecular complexity index is 281. The summed E-state index contributed by atoms with van der Waals surface area (Å²) in [7, 11) is 0. The number of hydrogen-bond acceptors (Lipinski definition) is 3. The molecule has 2 aliphatic heterocycles. The third kappa shape index (κ3) is 4.17. The molecule has 0 amide bonds. The van der Waals surface area contributed by atoms with E-state index in [2.05, 4.69) is 49.0 Å². The fraction of sp³-hybridized carbons (Fsp3) is 1.00. The highest BCUT2D eigenvalue weighted by Gasteiger charge is 2.41. The number of hydrogen-bond donors (Lipinski definition) is 1. The second kappa shape index (κ2) is 8.21. The van der Waals surface area contributed by atoms with Gasteiger partial charge < -0.3 is 5.32 Å². The molecule has 2 rings (SSSR count). The molecule has 2 nitrogen and oxygen atoms in total. The fourth-order valence-corrected chi connectivity index (χ4v) is 5.27. The summed E-state index contributed by atoms with van der Waals surface area (Å²) in [6.07, 6.45) is 13.3. The van der Waals surface area contributed by atoms with Gasteiger partial charge in [0.25, 0.3) is 0 Å². The molecule has 0 aromatic carbocycles. The van der Waals surface area contributed by atoms with E-state index in [1.165, 1.54) is 64.5 Å². The molecule has 2 atom stereocenters. The third-order valence-electron chi connectivity index (χ3n) is 6.00. The monoisotopic (exact) mass is 312 g/mol. The summed E-state index contributed by atoms with van der Waals surface area (Å²) in [6, 6.07) is 2.47. The number of rotatable bonds is 8. The highest BCUT2D eigenvalue weighted by atomic mass is 32.2. The van der Waals surface area contributed by atoms with Crippen molar-refractivity contribution in [2.75, 3.05) is 19.3 Å². The Hall–Kier alpha value is 0.270. The predicted molar refractivity (Wildman–Crippen MR) is 96.3 cm³/mol. The number of fused-ring (bicyclic) bond motifs is 2. The van der Waals surface area contributed by atoms with Crippen LogP contribution in [0.3, 0.4) is 0 Å². The first-order chi connectivity index (χ1) is 10.2. The lowest BCUT2D eigenvalue weighted by atomic mass is 9.80. The van der Waals surface area contributed by atoms with Crippen LogP contribution in [0.4, 0.5) is 0 Å². The number of piperidine rings is 2. The lowest BCUT2D eigenvalue weighted by Crippen LogP contribution is -2.59. The normalized spacial score (nSPS) is 30.6. The van der Waals surface area contributed by atoms with Crippen molar-refractivity contribution in [1.29, 1.82) is 0 Å². The SMILES string of the molecule is CCCNC1CC2CCCC(C1)N2CC(CC)(CC)SC. The van der Waals surface area contributed by atoms with E-state index in [1.54, 1.807) is 0 Å². The van der Waals surface area contributed by atoms with Gasteiger partial charge >= 0.3 is 0 Å². The standard InChI is InChI=1S/C18H36N2S/c1-5-11-19-15-12-16-9-8-10-17(13-15)20(16)14-18(6-2,7-3)21-4/h15-17,19H,5-14H2,1-4H3. The first-order valence-corrected chi connectivity index (χ1v) is 10.4. The van der Waals surface area contributed by atoms with Gasteiger partial charge in [-0.1, -0.05) is 27.2 Å². The van der Waals surface area contributed by atoms with E-state index in [9.17, 15) is 0 Å². The van der Waals surface area contributed by atoms with Gasteiger partial charge in [-0.2, -0.15) is 11.8 Å². The molecule has 2 saturated heterocycles. The zero-order valence-corrected chi connectivity index (χ0v) is 15.5. The van der Waals surface area contributed by atoms with Crippen LogP contribution in [0, 0.1) is 0 Å². The minimum atomic E-state index is 0.484. The van der Waals surface area contributed by atoms with E-state index in [1.807, 2.05) is 0 Å². The first kappa shape index (κ1) is 17.6. The van der Waals surface area contributed by atoms with Crippen LogP contribution in [-0.2, 0) is 0 Å². The molecule has 0 aromatic rings. The summed E-state index contributed by atoms with van der Waals surface area (Å²) >= 11 is 2.11. The van der Waals surface area contributed by atoms with Gasteiger partial charge in [0.1, 0.15) is 0 Å². The predicted octanol–water partition coefficient (Wildman–Crippen LogP) is 4.29. The molecule has 2 bridgehead atoms. The van der Waals surface area contributed by atoms with Crippen LogP contribution >= 0.6 is 11.8 Å². The minimum absolute atomic E-state index is 0.484. The van der Waals surface area contributed by atoms with Gasteiger partial charge in [0, 0.05) is 29.4 Å². The van der Waals surface area contributed by atoms with E-state index in [0.717, 1.165) is 18.1 Å². The van der Waals surface area contributed by atoms with E-state index in [4.69, 9.17) is 0 Å². The van der Waals surface area contributed by atoms with Crippen LogP contribution in [-0.4, -0.2) is 47.1 Å². The smallest absolute Gasteiger partial charge is 0.0279 e. The number of thioether (sulfide) groups is 1. The molecule has 2 unspecified atom stereocenters. The van der Waals surface area contributed by atoms with Crippen LogP contribution < -0.4 is 5.32 Å². The van der Waals surface area contributed by atoms with Gasteiger partial charge in [0.05, 0.1) is 0 Å². The van der Waals surface area contributed by atoms with Gasteiger partial charge in [0.2, 0.25) is 0 Å². The van der Waals surface area contributed by atoms with Crippen molar-refractivity contribution in [2.45, 2.75) is 95.0 Å². The molecule has 0 aliphatic carbocycles. The van der Waals surface area contributed by atoms with Gasteiger partial charge in [-0.3, -0.25) is 4.90 Å². The molecule has 1 N–H and O–H groups in total. The molecule has 124 valence electrons. The Kier molecular flexibility index (Phi) is 6.89. The topological polar surface area (TPSA) is 15.3 Å². The molecule has 0 radical (unpaired) electrons. The Balaban J connectivity index is 2.01. The molecule has 0 saturated carbocycles. The van der Waals surface area contributed by atoms with E-state index < -0.39 is 0 Å². The zero-order valence-electron chi connectivity index (χ0n) is 14.7. The summed E-state index contributed by atoms with van der Waals surface area (Å²) in [5, 5.41) is 3.79. The largest absolute Gasteiger partial charge is 0.314 e. The Morgan fingerprint density at radius 3 is 2.19 bits per heavy atom. The molecular formula is C18H36N2S. The van der Waals surface area contributed by atoms with Crippen LogP contribution in [0.2, 0.25) is 0 Å². The van der Waals surface area contributed by atoms with E-state index in [0.29, 0.717) is 4.75 Å². The molecule has 3 heteroatoms. The Labute approximate surface area is 136 Å². The highest BCUT2D eigenvalue weighted by Crippen LogP contribution is 2.39. The summed E-state index contributed by atoms with van der Waals surface area (Å²) in [4.78, 5) is 2.91. The Morgan fingerprint density at radius 1 is 1.10 bits per heavy atom. The summed E-state index contributed by atoms with van der Waals surface area (Å²) in [6.45, 7) is 9.55. The fourth-order valence-electron chi connectivity index (χ4n) is 4.41. The molecular weight excluding hydrogens is 276 g/mol. The number of nitrogens with zero attached hydrogens (tertiary/aromatic N) is 1. The van der Waals surface area contributed by atoms with Crippen molar-refractivity contribution in [3.8, 4) is 0 Å². The molecule has 0 aromatic heterocycles. The van der Waals surface area contributed by atoms with Crippen molar-refractivity contribution in [1.82, 2.24) is 10.2 Å². The van der Waals surface area contributed by atoms with Crippen molar-refractivity contribution < 1.29 is 0 Å². The second-order valence-corrected chi connectivity index (χ2v) is 8.40. The summed E-state index contributed by atoms with van der Waals surface area (Å²) in [5.74, 6) is 0. The van der Waals surface area contributed by atoms with Gasteiger partial charge in [-0.05, 0) is 57.7 Å². The van der Waals surface area contributed by atoms with Crippen LogP contribution in [0.5, 0.6) is 0 Å². The maximum atomic E-state index is 3.79. The number of nitrogens with one attached hydrogen (secondary N) is 1. The molecule has 2 heterocycles. The second-order valence-electron chi connectivity index (χ2n) is 7.13. The van der Waals surface area contributed by atoms with Crippen molar-refractivity contribution >= 4 is 11.8 Å². The summed E-state index contributed by atoms with van der Waals surface area (Å²) in [5.41, 5.74) is 0. The minimum Gasteiger partial charge on any atom is -0.314 e. The summed E-state index contributed by atoms with van der Waals surface area (Å²) < 4.78 is 0.484. The first-order valence-electron chi connectivity index (χ1n) is 9.22. The van der Waals surface area contributed by atoms with Crippen molar-refractivity contribution in [2.24, 2.45) is 0 Å². The lowest BCUT2D eigenvalue weighted by molar-refractivity contribution is 0.0160. The average Bonchev–Trinajstić information content (AvgIpc) is 2.50. The third-order valence-corrected chi connectivity index (χ3v) is 7.57. The van der Waals surface area contributed by atoms with E-state index >= 15 is 0 Å². The van der Waals surface area contributed by atoms with Crippen LogP contribution in [0.15, 0.2) is 0 Å². The lowest BCUT2D eigenvalue weighted by Gasteiger charge is -2.52. The molecule has 0 spiro atoms. The van der Waals surface area contributed by atoms with Gasteiger partial charge in [0.15, 0.2) is 0 Å². The van der Waals surface area contributed by atoms with Gasteiger partial charge in [-0.25, -0.2) is 0 Å². The molecule has 21 heavy (non-hydrogen) atoms. The quantitative estimate of drug-likeness (QED) is 0.719. The zero-order chi connectivity index (χ0) is 15.3.